The molecule has 41 heavy (non-hydrogen) atoms. The first-order valence-corrected chi connectivity index (χ1v) is 15.5. The zero-order valence-corrected chi connectivity index (χ0v) is 24.7. The van der Waals surface area contributed by atoms with Gasteiger partial charge in [0.15, 0.2) is 0 Å². The van der Waals surface area contributed by atoms with Crippen molar-refractivity contribution in [2.24, 2.45) is 11.3 Å². The minimum absolute atomic E-state index is 0.0869. The molecule has 1 aromatic heterocycles. The van der Waals surface area contributed by atoms with Crippen LogP contribution in [0.25, 0.3) is 11.3 Å². The standard InChI is InChI=1S/C31H38N4O5S/c1-19(2)13-23(32-24-16-31(17-24)11-12-31)18-40-27-15-26(28-20(3)7-5-8-21(28)4)33-30(34-27)35-41(38,39)25-10-6-9-22(14-25)29(36)37/h5-10,14-15,19,23-24,32H,11-13,16-18H2,1-4H3,(H,36,37)(H,33,34,35)/i24D. The third-order valence-electron chi connectivity index (χ3n) is 7.79. The zero-order chi connectivity index (χ0) is 30.3. The van der Waals surface area contributed by atoms with Gasteiger partial charge in [-0.25, -0.2) is 22.9 Å². The van der Waals surface area contributed by atoms with Gasteiger partial charge in [-0.2, -0.15) is 4.98 Å². The van der Waals surface area contributed by atoms with E-state index in [0.29, 0.717) is 17.0 Å². The Morgan fingerprint density at radius 2 is 1.80 bits per heavy atom. The number of carboxylic acid groups (broad SMARTS) is 1. The van der Waals surface area contributed by atoms with E-state index in [4.69, 9.17) is 6.11 Å². The molecule has 0 radical (unpaired) electrons. The average molecular weight is 580 g/mol. The summed E-state index contributed by atoms with van der Waals surface area (Å²) in [4.78, 5) is 20.1. The van der Waals surface area contributed by atoms with Crippen LogP contribution in [0.3, 0.4) is 0 Å². The number of aryl methyl sites for hydroxylation is 2. The highest BCUT2D eigenvalue weighted by molar-refractivity contribution is 7.92. The molecule has 5 rings (SSSR count). The molecule has 2 aliphatic rings. The fourth-order valence-corrected chi connectivity index (χ4v) is 6.55. The van der Waals surface area contributed by atoms with E-state index in [9.17, 15) is 18.3 Å². The van der Waals surface area contributed by atoms with E-state index in [2.05, 4.69) is 33.9 Å². The van der Waals surface area contributed by atoms with E-state index in [1.54, 1.807) is 6.07 Å². The number of hydrogen-bond donors (Lipinski definition) is 3. The molecule has 2 saturated carbocycles. The highest BCUT2D eigenvalue weighted by atomic mass is 32.2. The van der Waals surface area contributed by atoms with Crippen molar-refractivity contribution in [3.05, 3.63) is 65.2 Å². The van der Waals surface area contributed by atoms with Gasteiger partial charge in [-0.15, -0.1) is 0 Å². The lowest BCUT2D eigenvalue weighted by Gasteiger charge is -2.39. The minimum Gasteiger partial charge on any atom is -0.478 e. The Bertz CT molecular complexity index is 1580. The van der Waals surface area contributed by atoms with Crippen LogP contribution in [0, 0.1) is 25.2 Å². The van der Waals surface area contributed by atoms with Crippen LogP contribution in [0.1, 0.15) is 68.8 Å². The van der Waals surface area contributed by atoms with Gasteiger partial charge in [0, 0.05) is 25.1 Å². The first kappa shape index (κ1) is 27.7. The lowest BCUT2D eigenvalue weighted by atomic mass is 9.76. The summed E-state index contributed by atoms with van der Waals surface area (Å²) in [6, 6.07) is 11.9. The maximum absolute atomic E-state index is 13.3. The summed E-state index contributed by atoms with van der Waals surface area (Å²) < 4.78 is 44.0. The molecular weight excluding hydrogens is 540 g/mol. The van der Waals surface area contributed by atoms with Gasteiger partial charge >= 0.3 is 5.97 Å². The first-order chi connectivity index (χ1) is 19.8. The number of anilines is 1. The van der Waals surface area contributed by atoms with Crippen LogP contribution in [-0.2, 0) is 10.0 Å². The molecule has 218 valence electrons. The maximum atomic E-state index is 13.3. The molecule has 9 nitrogen and oxygen atoms in total. The molecule has 0 bridgehead atoms. The number of aromatic carboxylic acids is 1. The van der Waals surface area contributed by atoms with Crippen molar-refractivity contribution in [3.63, 3.8) is 0 Å². The van der Waals surface area contributed by atoms with Gasteiger partial charge < -0.3 is 15.2 Å². The molecule has 2 aromatic carbocycles. The van der Waals surface area contributed by atoms with E-state index in [1.807, 2.05) is 32.0 Å². The summed E-state index contributed by atoms with van der Waals surface area (Å²) in [5.74, 6) is -0.846. The van der Waals surface area contributed by atoms with Gasteiger partial charge in [-0.1, -0.05) is 38.1 Å². The quantitative estimate of drug-likeness (QED) is 0.253. The topological polar surface area (TPSA) is 131 Å². The molecule has 10 heteroatoms. The summed E-state index contributed by atoms with van der Waals surface area (Å²) in [5.41, 5.74) is 3.47. The van der Waals surface area contributed by atoms with Crippen molar-refractivity contribution >= 4 is 21.9 Å². The number of aromatic nitrogens is 2. The highest BCUT2D eigenvalue weighted by Gasteiger charge is 2.53. The third-order valence-corrected chi connectivity index (χ3v) is 9.11. The second-order valence-corrected chi connectivity index (χ2v) is 13.5. The average Bonchev–Trinajstić information content (AvgIpc) is 3.66. The number of nitrogens with zero attached hydrogens (tertiary/aromatic N) is 2. The molecule has 1 spiro atoms. The minimum atomic E-state index is -4.21. The van der Waals surface area contributed by atoms with Crippen molar-refractivity contribution in [2.75, 3.05) is 11.3 Å². The summed E-state index contributed by atoms with van der Waals surface area (Å²) in [6.45, 7) is 8.41. The number of ether oxygens (including phenoxy) is 1. The van der Waals surface area contributed by atoms with Crippen LogP contribution in [0.4, 0.5) is 5.95 Å². The Labute approximate surface area is 243 Å². The lowest BCUT2D eigenvalue weighted by molar-refractivity contribution is 0.0696. The van der Waals surface area contributed by atoms with Crippen molar-refractivity contribution in [1.29, 1.82) is 0 Å². The number of carboxylic acids is 1. The fourth-order valence-electron chi connectivity index (χ4n) is 5.56. The summed E-state index contributed by atoms with van der Waals surface area (Å²) in [6.07, 6.45) is 4.94. The lowest BCUT2D eigenvalue weighted by Crippen LogP contribution is -2.49. The smallest absolute Gasteiger partial charge is 0.335 e. The molecule has 0 aliphatic heterocycles. The Morgan fingerprint density at radius 3 is 2.44 bits per heavy atom. The van der Waals surface area contributed by atoms with Crippen LogP contribution in [0.15, 0.2) is 53.4 Å². The number of nitrogens with one attached hydrogen (secondary N) is 2. The van der Waals surface area contributed by atoms with Crippen molar-refractivity contribution < 1.29 is 24.4 Å². The van der Waals surface area contributed by atoms with Crippen molar-refractivity contribution in [3.8, 4) is 17.1 Å². The largest absolute Gasteiger partial charge is 0.478 e. The van der Waals surface area contributed by atoms with E-state index >= 15 is 0 Å². The van der Waals surface area contributed by atoms with Crippen molar-refractivity contribution in [2.45, 2.75) is 76.8 Å². The SMILES string of the molecule is [2H]C1(NC(COc2cc(-c3c(C)cccc3C)nc(NS(=O)(=O)c3cccc(C(=O)O)c3)n2)CC(C)C)CC2(CC2)C1. The highest BCUT2D eigenvalue weighted by Crippen LogP contribution is 2.60. The Morgan fingerprint density at radius 1 is 1.12 bits per heavy atom. The van der Waals surface area contributed by atoms with Gasteiger partial charge in [0.05, 0.1) is 16.2 Å². The van der Waals surface area contributed by atoms with Crippen LogP contribution in [-0.4, -0.2) is 48.1 Å². The summed E-state index contributed by atoms with van der Waals surface area (Å²) in [5, 5.41) is 12.8. The Kier molecular flexibility index (Phi) is 7.70. The molecular formula is C31H38N4O5S. The summed E-state index contributed by atoms with van der Waals surface area (Å²) >= 11 is 0. The normalized spacial score (nSPS) is 17.9. The van der Waals surface area contributed by atoms with Crippen LogP contribution in [0.2, 0.25) is 0 Å². The number of benzene rings is 2. The van der Waals surface area contributed by atoms with E-state index in [-0.39, 0.29) is 34.9 Å². The van der Waals surface area contributed by atoms with Crippen LogP contribution in [0.5, 0.6) is 5.88 Å². The molecule has 1 unspecified atom stereocenters. The van der Waals surface area contributed by atoms with Gasteiger partial charge in [0.1, 0.15) is 6.61 Å². The Hall–Kier alpha value is -3.50. The summed E-state index contributed by atoms with van der Waals surface area (Å²) in [7, 11) is -4.21. The van der Waals surface area contributed by atoms with Gasteiger partial charge in [-0.3, -0.25) is 0 Å². The van der Waals surface area contributed by atoms with E-state index in [0.717, 1.165) is 42.0 Å². The molecule has 3 N–H and O–H groups in total. The molecule has 2 fully saturated rings. The maximum Gasteiger partial charge on any atom is 0.335 e. The zero-order valence-electron chi connectivity index (χ0n) is 24.9. The molecule has 1 heterocycles. The number of carbonyl (C=O) groups is 1. The molecule has 1 atom stereocenters. The van der Waals surface area contributed by atoms with Crippen LogP contribution >= 0.6 is 0 Å². The van der Waals surface area contributed by atoms with Gasteiger partial charge in [0.25, 0.3) is 10.0 Å². The van der Waals surface area contributed by atoms with Gasteiger partial charge in [-0.05, 0) is 86.6 Å². The number of hydrogen-bond acceptors (Lipinski definition) is 7. The predicted molar refractivity (Wildman–Crippen MR) is 158 cm³/mol. The predicted octanol–water partition coefficient (Wildman–Crippen LogP) is 5.59. The fraction of sp³-hybridized carbons (Fsp3) is 0.452. The second-order valence-electron chi connectivity index (χ2n) is 11.9. The molecule has 2 aliphatic carbocycles. The molecule has 0 amide bonds. The third kappa shape index (κ3) is 6.87. The second kappa shape index (κ2) is 11.4. The number of rotatable bonds is 12. The van der Waals surface area contributed by atoms with Crippen LogP contribution < -0.4 is 14.8 Å². The van der Waals surface area contributed by atoms with E-state index < -0.39 is 22.0 Å². The number of sulfonamides is 1. The van der Waals surface area contributed by atoms with Crippen molar-refractivity contribution in [1.82, 2.24) is 15.3 Å². The first-order valence-electron chi connectivity index (χ1n) is 14.5. The van der Waals surface area contributed by atoms with Gasteiger partial charge in [0.2, 0.25) is 11.8 Å². The Balaban J connectivity index is 1.44. The van der Waals surface area contributed by atoms with E-state index in [1.165, 1.54) is 31.0 Å². The molecule has 0 saturated heterocycles. The molecule has 3 aromatic rings. The monoisotopic (exact) mass is 579 g/mol.